The second-order valence-corrected chi connectivity index (χ2v) is 25.2. The third-order valence-corrected chi connectivity index (χ3v) is 17.7. The number of hydrogen-bond donors (Lipinski definition) is 0. The van der Waals surface area contributed by atoms with E-state index in [1.54, 1.807) is 5.56 Å². The van der Waals surface area contributed by atoms with Crippen molar-refractivity contribution in [2.75, 3.05) is 9.80 Å². The highest BCUT2D eigenvalue weighted by Gasteiger charge is 2.49. The zero-order chi connectivity index (χ0) is 46.1. The van der Waals surface area contributed by atoms with Gasteiger partial charge in [0.2, 0.25) is 0 Å². The molecule has 11 rings (SSSR count). The summed E-state index contributed by atoms with van der Waals surface area (Å²) in [6, 6.07) is 39.0. The largest absolute Gasteiger partial charge is 0.311 e. The minimum absolute atomic E-state index is 0.0475. The van der Waals surface area contributed by atoms with Gasteiger partial charge in [-0.15, -0.1) is 0 Å². The van der Waals surface area contributed by atoms with E-state index in [2.05, 4.69) is 211 Å². The van der Waals surface area contributed by atoms with Crippen LogP contribution in [-0.2, 0) is 32.5 Å². The molecule has 0 fully saturated rings. The first-order chi connectivity index (χ1) is 30.4. The third-order valence-electron chi connectivity index (χ3n) is 17.7. The summed E-state index contributed by atoms with van der Waals surface area (Å²) < 4.78 is 0. The Hall–Kier alpha value is -5.02. The molecule has 332 valence electrons. The summed E-state index contributed by atoms with van der Waals surface area (Å²) in [6.07, 6.45) is 5.91. The van der Waals surface area contributed by atoms with Crippen molar-refractivity contribution in [3.05, 3.63) is 147 Å². The van der Waals surface area contributed by atoms with Crippen LogP contribution in [0.25, 0.3) is 11.1 Å². The Morgan fingerprint density at radius 2 is 0.908 bits per heavy atom. The maximum atomic E-state index is 2.74. The topological polar surface area (TPSA) is 6.48 Å². The van der Waals surface area contributed by atoms with Gasteiger partial charge in [0.25, 0.3) is 6.71 Å². The summed E-state index contributed by atoms with van der Waals surface area (Å²) in [5, 5.41) is 0. The lowest BCUT2D eigenvalue weighted by Crippen LogP contribution is -2.62. The highest BCUT2D eigenvalue weighted by molar-refractivity contribution is 7.00. The molecule has 0 saturated carbocycles. The molecule has 0 saturated heterocycles. The first-order valence-electron chi connectivity index (χ1n) is 24.9. The fraction of sp³-hybridized carbons (Fsp3) is 0.419. The summed E-state index contributed by atoms with van der Waals surface area (Å²) in [4.78, 5) is 5.43. The van der Waals surface area contributed by atoms with Crippen LogP contribution in [-0.4, -0.2) is 6.71 Å². The zero-order valence-electron chi connectivity index (χ0n) is 42.2. The average molecular weight is 855 g/mol. The predicted octanol–water partition coefficient (Wildman–Crippen LogP) is 15.0. The summed E-state index contributed by atoms with van der Waals surface area (Å²) >= 11 is 0. The predicted molar refractivity (Wildman–Crippen MR) is 281 cm³/mol. The fourth-order valence-electron chi connectivity index (χ4n) is 14.1. The molecule has 5 aliphatic rings. The minimum Gasteiger partial charge on any atom is -0.311 e. The summed E-state index contributed by atoms with van der Waals surface area (Å²) in [7, 11) is 0. The number of benzene rings is 6. The lowest BCUT2D eigenvalue weighted by molar-refractivity contribution is 0.330. The van der Waals surface area contributed by atoms with Gasteiger partial charge in [0.1, 0.15) is 0 Å². The summed E-state index contributed by atoms with van der Waals surface area (Å²) in [5.74, 6) is 0. The van der Waals surface area contributed by atoms with Crippen LogP contribution in [0.2, 0.25) is 0 Å². The molecule has 0 spiro atoms. The molecule has 3 aliphatic carbocycles. The Morgan fingerprint density at radius 3 is 1.55 bits per heavy atom. The quantitative estimate of drug-likeness (QED) is 0.163. The highest BCUT2D eigenvalue weighted by Crippen LogP contribution is 2.56. The van der Waals surface area contributed by atoms with Crippen LogP contribution >= 0.6 is 0 Å². The van der Waals surface area contributed by atoms with E-state index >= 15 is 0 Å². The van der Waals surface area contributed by atoms with E-state index in [1.807, 2.05) is 0 Å². The van der Waals surface area contributed by atoms with E-state index < -0.39 is 0 Å². The fourth-order valence-corrected chi connectivity index (χ4v) is 14.1. The van der Waals surface area contributed by atoms with Crippen LogP contribution in [0.15, 0.2) is 97.1 Å². The molecule has 2 heterocycles. The van der Waals surface area contributed by atoms with Gasteiger partial charge in [0, 0.05) is 34.1 Å². The lowest BCUT2D eigenvalue weighted by atomic mass is 9.33. The van der Waals surface area contributed by atoms with Crippen molar-refractivity contribution in [1.82, 2.24) is 0 Å². The number of nitrogens with zero attached hydrogens (tertiary/aromatic N) is 2. The molecule has 0 aromatic heterocycles. The molecule has 6 aromatic carbocycles. The van der Waals surface area contributed by atoms with E-state index in [9.17, 15) is 0 Å². The van der Waals surface area contributed by atoms with Gasteiger partial charge in [-0.1, -0.05) is 144 Å². The molecule has 65 heavy (non-hydrogen) atoms. The van der Waals surface area contributed by atoms with Crippen molar-refractivity contribution in [1.29, 1.82) is 0 Å². The van der Waals surface area contributed by atoms with E-state index in [-0.39, 0.29) is 39.2 Å². The maximum absolute atomic E-state index is 2.74. The molecular formula is C62H71BN2. The standard InChI is InChI=1S/C62H71BN2/c1-37-29-53-56-54(30-37)65(51-34-46-43(31-38(51)2)61(12,13)36-62(46,14)15)52-35-45-44(58(6,7)25-26-59(45,8)9)33-48(52)63(56)47-32-41(40-19-17-16-18-20-40)21-23-50(47)64(53)49-24-22-42-55(39(49)3)60(10,11)28-27-57(42,4)5/h16-24,29-35H,25-28,36H2,1-15H3. The maximum Gasteiger partial charge on any atom is 0.252 e. The van der Waals surface area contributed by atoms with Crippen LogP contribution in [0.3, 0.4) is 0 Å². The smallest absolute Gasteiger partial charge is 0.252 e. The van der Waals surface area contributed by atoms with Gasteiger partial charge in [-0.25, -0.2) is 0 Å². The third kappa shape index (κ3) is 6.11. The summed E-state index contributed by atoms with van der Waals surface area (Å²) in [6.45, 7) is 36.9. The molecule has 0 radical (unpaired) electrons. The molecule has 3 heteroatoms. The van der Waals surface area contributed by atoms with Crippen molar-refractivity contribution in [3.8, 4) is 11.1 Å². The first-order valence-corrected chi connectivity index (χ1v) is 24.9. The van der Waals surface area contributed by atoms with Crippen LogP contribution in [0.4, 0.5) is 34.1 Å². The number of aryl methyl sites for hydroxylation is 2. The molecule has 0 unspecified atom stereocenters. The Morgan fingerprint density at radius 1 is 0.400 bits per heavy atom. The average Bonchev–Trinajstić information content (AvgIpc) is 3.42. The number of fused-ring (bicyclic) bond motifs is 7. The normalized spacial score (nSPS) is 20.6. The van der Waals surface area contributed by atoms with Gasteiger partial charge in [0.05, 0.1) is 0 Å². The van der Waals surface area contributed by atoms with Crippen LogP contribution in [0.5, 0.6) is 0 Å². The van der Waals surface area contributed by atoms with Gasteiger partial charge in [-0.3, -0.25) is 0 Å². The second kappa shape index (κ2) is 13.5. The monoisotopic (exact) mass is 855 g/mol. The van der Waals surface area contributed by atoms with Gasteiger partial charge >= 0.3 is 0 Å². The van der Waals surface area contributed by atoms with E-state index in [1.165, 1.54) is 132 Å². The Labute approximate surface area is 392 Å². The molecule has 0 atom stereocenters. The lowest BCUT2D eigenvalue weighted by Gasteiger charge is -2.48. The molecule has 2 nitrogen and oxygen atoms in total. The van der Waals surface area contributed by atoms with Crippen LogP contribution in [0, 0.1) is 20.8 Å². The van der Waals surface area contributed by atoms with Gasteiger partial charge in [-0.05, 0) is 199 Å². The Kier molecular flexibility index (Phi) is 8.88. The second-order valence-electron chi connectivity index (χ2n) is 25.2. The van der Waals surface area contributed by atoms with Crippen molar-refractivity contribution in [3.63, 3.8) is 0 Å². The highest BCUT2D eigenvalue weighted by atomic mass is 15.2. The van der Waals surface area contributed by atoms with Crippen molar-refractivity contribution in [2.45, 2.75) is 168 Å². The minimum atomic E-state index is 0.0475. The van der Waals surface area contributed by atoms with Crippen molar-refractivity contribution < 1.29 is 0 Å². The number of rotatable bonds is 3. The van der Waals surface area contributed by atoms with Gasteiger partial charge in [-0.2, -0.15) is 0 Å². The van der Waals surface area contributed by atoms with E-state index in [4.69, 9.17) is 0 Å². The van der Waals surface area contributed by atoms with Crippen molar-refractivity contribution >= 4 is 57.2 Å². The van der Waals surface area contributed by atoms with Crippen molar-refractivity contribution in [2.24, 2.45) is 0 Å². The van der Waals surface area contributed by atoms with Gasteiger partial charge < -0.3 is 9.80 Å². The Balaban J connectivity index is 1.27. The van der Waals surface area contributed by atoms with Crippen LogP contribution < -0.4 is 26.2 Å². The molecule has 6 aromatic rings. The van der Waals surface area contributed by atoms with Crippen LogP contribution in [0.1, 0.15) is 165 Å². The Bertz CT molecular complexity index is 3010. The molecule has 2 aliphatic heterocycles. The molecule has 0 bridgehead atoms. The number of hydrogen-bond acceptors (Lipinski definition) is 2. The van der Waals surface area contributed by atoms with Gasteiger partial charge in [0.15, 0.2) is 0 Å². The molecular weight excluding hydrogens is 784 g/mol. The number of anilines is 6. The molecule has 0 amide bonds. The molecule has 0 N–H and O–H groups in total. The SMILES string of the molecule is Cc1cc2c3c(c1)N(c1ccc4c(c1C)C(C)(C)CCC4(C)C)c1ccc(-c4ccccc4)cc1B3c1cc3c(cc1N2c1cc2c(cc1C)C(C)(C)CC2(C)C)C(C)(C)CCC3(C)C. The van der Waals surface area contributed by atoms with E-state index in [0.717, 1.165) is 6.42 Å². The first kappa shape index (κ1) is 42.6. The zero-order valence-corrected chi connectivity index (χ0v) is 42.2. The summed E-state index contributed by atoms with van der Waals surface area (Å²) in [5.41, 5.74) is 28.4. The van der Waals surface area contributed by atoms with E-state index in [0.29, 0.717) is 0 Å².